The first-order valence-electron chi connectivity index (χ1n) is 5.91. The van der Waals surface area contributed by atoms with Crippen molar-refractivity contribution in [2.75, 3.05) is 14.2 Å². The average molecular weight is 280 g/mol. The van der Waals surface area contributed by atoms with Gasteiger partial charge in [-0.1, -0.05) is 0 Å². The number of aliphatic hydroxyl groups is 1. The number of benzene rings is 2. The summed E-state index contributed by atoms with van der Waals surface area (Å²) in [5, 5.41) is 10.1. The average Bonchev–Trinajstić information content (AvgIpc) is 2.46. The van der Waals surface area contributed by atoms with Crippen molar-refractivity contribution >= 4 is 0 Å². The maximum atomic E-state index is 13.9. The molecule has 0 saturated carbocycles. The predicted molar refractivity (Wildman–Crippen MR) is 70.0 cm³/mol. The Kier molecular flexibility index (Phi) is 4.20. The summed E-state index contributed by atoms with van der Waals surface area (Å²) < 4.78 is 37.5. The zero-order valence-corrected chi connectivity index (χ0v) is 11.1. The normalized spacial score (nSPS) is 10.7. The van der Waals surface area contributed by atoms with Crippen molar-refractivity contribution < 1.29 is 23.4 Å². The monoisotopic (exact) mass is 280 g/mol. The summed E-state index contributed by atoms with van der Waals surface area (Å²) in [4.78, 5) is 0. The Bertz CT molecular complexity index is 561. The van der Waals surface area contributed by atoms with Crippen molar-refractivity contribution in [3.8, 4) is 11.5 Å². The number of ether oxygens (including phenoxy) is 2. The molecule has 1 N–H and O–H groups in total. The van der Waals surface area contributed by atoms with Crippen molar-refractivity contribution in [3.63, 3.8) is 0 Å². The van der Waals surface area contributed by atoms with Crippen molar-refractivity contribution in [3.05, 3.63) is 59.2 Å². The molecule has 20 heavy (non-hydrogen) atoms. The number of hydrogen-bond acceptors (Lipinski definition) is 3. The molecule has 5 heteroatoms. The third kappa shape index (κ3) is 2.72. The van der Waals surface area contributed by atoms with E-state index in [0.29, 0.717) is 11.5 Å². The van der Waals surface area contributed by atoms with Crippen LogP contribution < -0.4 is 9.47 Å². The molecule has 0 atom stereocenters. The standard InChI is InChI=1S/C15H14F2O3/c1-19-9-3-5-11(13(16)7-9)15(18)12-6-4-10(20-2)8-14(12)17/h3-8,15,18H,1-2H3. The van der Waals surface area contributed by atoms with Gasteiger partial charge in [-0.3, -0.25) is 0 Å². The second-order valence-electron chi connectivity index (χ2n) is 4.18. The van der Waals surface area contributed by atoms with Crippen molar-refractivity contribution in [2.24, 2.45) is 0 Å². The van der Waals surface area contributed by atoms with Crippen LogP contribution in [-0.4, -0.2) is 19.3 Å². The van der Waals surface area contributed by atoms with Crippen LogP contribution in [0, 0.1) is 11.6 Å². The first-order chi connectivity index (χ1) is 9.56. The second kappa shape index (κ2) is 5.88. The van der Waals surface area contributed by atoms with E-state index >= 15 is 0 Å². The van der Waals surface area contributed by atoms with Gasteiger partial charge < -0.3 is 14.6 Å². The molecular formula is C15H14F2O3. The van der Waals surface area contributed by atoms with Crippen molar-refractivity contribution in [2.45, 2.75) is 6.10 Å². The highest BCUT2D eigenvalue weighted by molar-refractivity contribution is 5.38. The lowest BCUT2D eigenvalue weighted by atomic mass is 10.00. The number of halogens is 2. The van der Waals surface area contributed by atoms with Gasteiger partial charge in [0, 0.05) is 23.3 Å². The number of methoxy groups -OCH3 is 2. The molecule has 0 aliphatic heterocycles. The van der Waals surface area contributed by atoms with Gasteiger partial charge in [0.15, 0.2) is 0 Å². The van der Waals surface area contributed by atoms with E-state index in [4.69, 9.17) is 9.47 Å². The summed E-state index contributed by atoms with van der Waals surface area (Å²) >= 11 is 0. The Balaban J connectivity index is 2.38. The first-order valence-corrected chi connectivity index (χ1v) is 5.91. The lowest BCUT2D eigenvalue weighted by Crippen LogP contribution is -2.05. The molecule has 0 radical (unpaired) electrons. The van der Waals surface area contributed by atoms with Gasteiger partial charge in [-0.05, 0) is 24.3 Å². The van der Waals surface area contributed by atoms with Gasteiger partial charge in [-0.15, -0.1) is 0 Å². The SMILES string of the molecule is COc1ccc(C(O)c2ccc(OC)cc2F)c(F)c1. The minimum absolute atomic E-state index is 0.0186. The Labute approximate surface area is 115 Å². The molecule has 0 amide bonds. The van der Waals surface area contributed by atoms with Gasteiger partial charge >= 0.3 is 0 Å². The predicted octanol–water partition coefficient (Wildman–Crippen LogP) is 3.06. The summed E-state index contributed by atoms with van der Waals surface area (Å²) in [5.74, 6) is -0.665. The molecule has 0 aliphatic carbocycles. The smallest absolute Gasteiger partial charge is 0.133 e. The zero-order valence-electron chi connectivity index (χ0n) is 11.1. The lowest BCUT2D eigenvalue weighted by Gasteiger charge is -2.14. The van der Waals surface area contributed by atoms with E-state index in [1.54, 1.807) is 0 Å². The van der Waals surface area contributed by atoms with Gasteiger partial charge in [-0.2, -0.15) is 0 Å². The van der Waals surface area contributed by atoms with E-state index in [1.807, 2.05) is 0 Å². The van der Waals surface area contributed by atoms with Crippen molar-refractivity contribution in [1.29, 1.82) is 0 Å². The lowest BCUT2D eigenvalue weighted by molar-refractivity contribution is 0.209. The molecule has 0 saturated heterocycles. The summed E-state index contributed by atoms with van der Waals surface area (Å²) in [6.07, 6.45) is -1.40. The molecule has 106 valence electrons. The van der Waals surface area contributed by atoms with E-state index in [0.717, 1.165) is 12.1 Å². The third-order valence-electron chi connectivity index (χ3n) is 3.00. The van der Waals surface area contributed by atoms with Crippen LogP contribution in [0.15, 0.2) is 36.4 Å². The van der Waals surface area contributed by atoms with Gasteiger partial charge in [-0.25, -0.2) is 8.78 Å². The van der Waals surface area contributed by atoms with Gasteiger partial charge in [0.2, 0.25) is 0 Å². The molecule has 2 rings (SSSR count). The summed E-state index contributed by atoms with van der Waals surface area (Å²) in [6, 6.07) is 8.01. The molecule has 0 spiro atoms. The highest BCUT2D eigenvalue weighted by Crippen LogP contribution is 2.30. The van der Waals surface area contributed by atoms with Crippen LogP contribution in [0.3, 0.4) is 0 Å². The fourth-order valence-corrected chi connectivity index (χ4v) is 1.88. The maximum Gasteiger partial charge on any atom is 0.133 e. The zero-order chi connectivity index (χ0) is 14.7. The minimum atomic E-state index is -1.40. The molecule has 2 aromatic carbocycles. The summed E-state index contributed by atoms with van der Waals surface area (Å²) in [5.41, 5.74) is -0.0373. The highest BCUT2D eigenvalue weighted by Gasteiger charge is 2.19. The van der Waals surface area contributed by atoms with Crippen LogP contribution in [-0.2, 0) is 0 Å². The van der Waals surface area contributed by atoms with E-state index in [1.165, 1.54) is 38.5 Å². The molecule has 0 bridgehead atoms. The largest absolute Gasteiger partial charge is 0.497 e. The number of rotatable bonds is 4. The van der Waals surface area contributed by atoms with Crippen molar-refractivity contribution in [1.82, 2.24) is 0 Å². The molecule has 0 heterocycles. The molecule has 3 nitrogen and oxygen atoms in total. The molecular weight excluding hydrogens is 266 g/mol. The Morgan fingerprint density at radius 1 is 0.850 bits per heavy atom. The molecule has 0 unspecified atom stereocenters. The molecule has 0 aliphatic rings. The minimum Gasteiger partial charge on any atom is -0.497 e. The van der Waals surface area contributed by atoms with Crippen LogP contribution in [0.25, 0.3) is 0 Å². The fraction of sp³-hybridized carbons (Fsp3) is 0.200. The Morgan fingerprint density at radius 3 is 1.55 bits per heavy atom. The number of hydrogen-bond donors (Lipinski definition) is 1. The highest BCUT2D eigenvalue weighted by atomic mass is 19.1. The summed E-state index contributed by atoms with van der Waals surface area (Å²) in [7, 11) is 2.82. The van der Waals surface area contributed by atoms with Crippen LogP contribution in [0.5, 0.6) is 11.5 Å². The van der Waals surface area contributed by atoms with Gasteiger partial charge in [0.05, 0.1) is 14.2 Å². The van der Waals surface area contributed by atoms with E-state index in [9.17, 15) is 13.9 Å². The maximum absolute atomic E-state index is 13.9. The second-order valence-corrected chi connectivity index (χ2v) is 4.18. The van der Waals surface area contributed by atoms with Gasteiger partial charge in [0.1, 0.15) is 29.2 Å². The van der Waals surface area contributed by atoms with E-state index < -0.39 is 17.7 Å². The molecule has 2 aromatic rings. The molecule has 0 aromatic heterocycles. The topological polar surface area (TPSA) is 38.7 Å². The summed E-state index contributed by atoms with van der Waals surface area (Å²) in [6.45, 7) is 0. The van der Waals surface area contributed by atoms with E-state index in [-0.39, 0.29) is 11.1 Å². The molecule has 0 fully saturated rings. The number of aliphatic hydroxyl groups excluding tert-OH is 1. The van der Waals surface area contributed by atoms with E-state index in [2.05, 4.69) is 0 Å². The van der Waals surface area contributed by atoms with Crippen LogP contribution in [0.1, 0.15) is 17.2 Å². The fourth-order valence-electron chi connectivity index (χ4n) is 1.88. The van der Waals surface area contributed by atoms with Crippen LogP contribution in [0.4, 0.5) is 8.78 Å². The Hall–Kier alpha value is -2.14. The van der Waals surface area contributed by atoms with Crippen LogP contribution in [0.2, 0.25) is 0 Å². The first kappa shape index (κ1) is 14.3. The third-order valence-corrected chi connectivity index (χ3v) is 3.00. The quantitative estimate of drug-likeness (QED) is 0.935. The Morgan fingerprint density at radius 2 is 1.25 bits per heavy atom. The van der Waals surface area contributed by atoms with Crippen LogP contribution >= 0.6 is 0 Å². The van der Waals surface area contributed by atoms with Gasteiger partial charge in [0.25, 0.3) is 0 Å².